The highest BCUT2D eigenvalue weighted by Gasteiger charge is 2.52. The number of hydrogen-bond acceptors (Lipinski definition) is 3. The Labute approximate surface area is 82.7 Å². The molecule has 0 atom stereocenters. The van der Waals surface area contributed by atoms with Crippen LogP contribution in [0.3, 0.4) is 0 Å². The van der Waals surface area contributed by atoms with Gasteiger partial charge < -0.3 is 0 Å². The summed E-state index contributed by atoms with van der Waals surface area (Å²) in [6.07, 6.45) is 3.50. The number of carbonyl (C=O) groups excluding carboxylic acids is 1. The molecule has 74 valence electrons. The van der Waals surface area contributed by atoms with Crippen molar-refractivity contribution >= 4 is 5.91 Å². The molecule has 14 heavy (non-hydrogen) atoms. The van der Waals surface area contributed by atoms with Crippen LogP contribution in [-0.2, 0) is 10.2 Å². The maximum Gasteiger partial charge on any atom is 0.246 e. The van der Waals surface area contributed by atoms with Crippen LogP contribution in [0.5, 0.6) is 0 Å². The Kier molecular flexibility index (Phi) is 2.21. The Balaban J connectivity index is 2.21. The van der Waals surface area contributed by atoms with Gasteiger partial charge in [0.2, 0.25) is 5.91 Å². The third-order valence-electron chi connectivity index (χ3n) is 2.58. The minimum absolute atomic E-state index is 0.0127. The topological polar surface area (TPSA) is 54.0 Å². The van der Waals surface area contributed by atoms with E-state index >= 15 is 0 Å². The predicted molar refractivity (Wildman–Crippen MR) is 52.4 cm³/mol. The molecule has 1 aliphatic rings. The third-order valence-corrected chi connectivity index (χ3v) is 2.58. The number of nitrogens with one attached hydrogen (secondary N) is 2. The molecule has 1 aromatic heterocycles. The maximum absolute atomic E-state index is 11.7. The second kappa shape index (κ2) is 3.38. The van der Waals surface area contributed by atoms with Gasteiger partial charge >= 0.3 is 0 Å². The summed E-state index contributed by atoms with van der Waals surface area (Å²) < 4.78 is 0. The molecule has 0 aromatic carbocycles. The number of rotatable bonds is 3. The standard InChI is InChI=1S/C10H13N3O/c1-11-13-9(14)10(5-6-10)8-4-2-3-7-12-8/h2-4,7,11H,5-6H2,1H3,(H,13,14). The highest BCUT2D eigenvalue weighted by atomic mass is 16.2. The van der Waals surface area contributed by atoms with Crippen molar-refractivity contribution < 1.29 is 4.79 Å². The first-order chi connectivity index (χ1) is 6.79. The van der Waals surface area contributed by atoms with Crippen molar-refractivity contribution in [2.75, 3.05) is 7.05 Å². The zero-order valence-electron chi connectivity index (χ0n) is 8.08. The number of amides is 1. The van der Waals surface area contributed by atoms with E-state index < -0.39 is 0 Å². The van der Waals surface area contributed by atoms with Gasteiger partial charge in [0, 0.05) is 13.2 Å². The molecule has 1 heterocycles. The van der Waals surface area contributed by atoms with Gasteiger partial charge in [0.05, 0.1) is 11.1 Å². The Bertz CT molecular complexity index is 332. The first kappa shape index (κ1) is 9.15. The Morgan fingerprint density at radius 2 is 2.29 bits per heavy atom. The van der Waals surface area contributed by atoms with Gasteiger partial charge in [0.25, 0.3) is 0 Å². The third kappa shape index (κ3) is 1.37. The zero-order valence-corrected chi connectivity index (χ0v) is 8.08. The van der Waals surface area contributed by atoms with Crippen molar-refractivity contribution in [3.8, 4) is 0 Å². The van der Waals surface area contributed by atoms with Gasteiger partial charge in [-0.2, -0.15) is 0 Å². The average Bonchev–Trinajstić information content (AvgIpc) is 3.00. The number of nitrogens with zero attached hydrogens (tertiary/aromatic N) is 1. The molecule has 1 fully saturated rings. The zero-order chi connectivity index (χ0) is 10.0. The minimum Gasteiger partial charge on any atom is -0.291 e. The van der Waals surface area contributed by atoms with Gasteiger partial charge in [-0.1, -0.05) is 6.07 Å². The van der Waals surface area contributed by atoms with Crippen LogP contribution in [0.1, 0.15) is 18.5 Å². The molecule has 1 aliphatic carbocycles. The number of hydrazine groups is 1. The molecule has 4 heteroatoms. The molecule has 0 radical (unpaired) electrons. The van der Waals surface area contributed by atoms with Crippen LogP contribution in [0.15, 0.2) is 24.4 Å². The van der Waals surface area contributed by atoms with E-state index in [1.54, 1.807) is 13.2 Å². The summed E-state index contributed by atoms with van der Waals surface area (Å²) in [4.78, 5) is 15.9. The molecule has 1 amide bonds. The monoisotopic (exact) mass is 191 g/mol. The lowest BCUT2D eigenvalue weighted by atomic mass is 10.0. The summed E-state index contributed by atoms with van der Waals surface area (Å²) in [7, 11) is 1.69. The van der Waals surface area contributed by atoms with E-state index in [-0.39, 0.29) is 11.3 Å². The maximum atomic E-state index is 11.7. The smallest absolute Gasteiger partial charge is 0.246 e. The molecule has 4 nitrogen and oxygen atoms in total. The molecule has 2 N–H and O–H groups in total. The quantitative estimate of drug-likeness (QED) is 0.678. The van der Waals surface area contributed by atoms with E-state index in [2.05, 4.69) is 15.8 Å². The van der Waals surface area contributed by atoms with E-state index in [9.17, 15) is 4.79 Å². The Morgan fingerprint density at radius 3 is 2.79 bits per heavy atom. The van der Waals surface area contributed by atoms with Crippen LogP contribution in [0.2, 0.25) is 0 Å². The number of aromatic nitrogens is 1. The molecule has 0 saturated heterocycles. The molecule has 0 aliphatic heterocycles. The van der Waals surface area contributed by atoms with E-state index in [0.29, 0.717) is 0 Å². The van der Waals surface area contributed by atoms with E-state index in [4.69, 9.17) is 0 Å². The summed E-state index contributed by atoms with van der Waals surface area (Å²) in [6.45, 7) is 0. The largest absolute Gasteiger partial charge is 0.291 e. The molecular weight excluding hydrogens is 178 g/mol. The van der Waals surface area contributed by atoms with Crippen molar-refractivity contribution in [2.24, 2.45) is 0 Å². The average molecular weight is 191 g/mol. The van der Waals surface area contributed by atoms with Gasteiger partial charge in [-0.15, -0.1) is 0 Å². The molecule has 0 spiro atoms. The van der Waals surface area contributed by atoms with Crippen molar-refractivity contribution in [3.63, 3.8) is 0 Å². The summed E-state index contributed by atoms with van der Waals surface area (Å²) in [5, 5.41) is 0. The van der Waals surface area contributed by atoms with Crippen molar-refractivity contribution in [1.29, 1.82) is 0 Å². The fraction of sp³-hybridized carbons (Fsp3) is 0.400. The molecule has 1 aromatic rings. The normalized spacial score (nSPS) is 17.5. The molecule has 0 unspecified atom stereocenters. The van der Waals surface area contributed by atoms with E-state index in [1.165, 1.54) is 0 Å². The van der Waals surface area contributed by atoms with Gasteiger partial charge in [-0.05, 0) is 25.0 Å². The lowest BCUT2D eigenvalue weighted by Crippen LogP contribution is -2.41. The first-order valence-corrected chi connectivity index (χ1v) is 4.68. The molecule has 1 saturated carbocycles. The highest BCUT2D eigenvalue weighted by molar-refractivity contribution is 5.90. The fourth-order valence-electron chi connectivity index (χ4n) is 1.60. The van der Waals surface area contributed by atoms with Crippen molar-refractivity contribution in [3.05, 3.63) is 30.1 Å². The van der Waals surface area contributed by atoms with Crippen LogP contribution in [0, 0.1) is 0 Å². The summed E-state index contributed by atoms with van der Waals surface area (Å²) >= 11 is 0. The number of carbonyl (C=O) groups is 1. The van der Waals surface area contributed by atoms with Gasteiger partial charge in [-0.3, -0.25) is 15.2 Å². The Morgan fingerprint density at radius 1 is 1.50 bits per heavy atom. The number of hydrogen-bond donors (Lipinski definition) is 2. The molecule has 2 rings (SSSR count). The second-order valence-electron chi connectivity index (χ2n) is 3.50. The summed E-state index contributed by atoms with van der Waals surface area (Å²) in [5.41, 5.74) is 5.77. The van der Waals surface area contributed by atoms with Crippen LogP contribution in [-0.4, -0.2) is 17.9 Å². The first-order valence-electron chi connectivity index (χ1n) is 4.68. The SMILES string of the molecule is CNNC(=O)C1(c2ccccn2)CC1. The van der Waals surface area contributed by atoms with Crippen LogP contribution in [0.25, 0.3) is 0 Å². The molecule has 0 bridgehead atoms. The van der Waals surface area contributed by atoms with Crippen LogP contribution in [0.4, 0.5) is 0 Å². The molecular formula is C10H13N3O. The van der Waals surface area contributed by atoms with E-state index in [0.717, 1.165) is 18.5 Å². The Hall–Kier alpha value is -1.42. The van der Waals surface area contributed by atoms with Crippen molar-refractivity contribution in [2.45, 2.75) is 18.3 Å². The van der Waals surface area contributed by atoms with Crippen LogP contribution < -0.4 is 10.9 Å². The van der Waals surface area contributed by atoms with E-state index in [1.807, 2.05) is 18.2 Å². The van der Waals surface area contributed by atoms with Crippen LogP contribution >= 0.6 is 0 Å². The lowest BCUT2D eigenvalue weighted by molar-refractivity contribution is -0.124. The van der Waals surface area contributed by atoms with Gasteiger partial charge in [0.15, 0.2) is 0 Å². The number of pyridine rings is 1. The summed E-state index contributed by atoms with van der Waals surface area (Å²) in [5.74, 6) is 0.0127. The fourth-order valence-corrected chi connectivity index (χ4v) is 1.60. The second-order valence-corrected chi connectivity index (χ2v) is 3.50. The predicted octanol–water partition coefficient (Wildman–Crippen LogP) is 0.364. The van der Waals surface area contributed by atoms with Crippen molar-refractivity contribution in [1.82, 2.24) is 15.8 Å². The summed E-state index contributed by atoms with van der Waals surface area (Å²) in [6, 6.07) is 5.67. The lowest BCUT2D eigenvalue weighted by Gasteiger charge is -2.13. The van der Waals surface area contributed by atoms with Gasteiger partial charge in [0.1, 0.15) is 0 Å². The van der Waals surface area contributed by atoms with Gasteiger partial charge in [-0.25, -0.2) is 5.43 Å². The minimum atomic E-state index is -0.371. The highest BCUT2D eigenvalue weighted by Crippen LogP contribution is 2.47.